The monoisotopic (exact) mass is 232 g/mol. The molecule has 4 nitrogen and oxygen atoms in total. The van der Waals surface area contributed by atoms with E-state index in [-0.39, 0.29) is 5.69 Å². The molecule has 1 aromatic heterocycles. The first-order valence-electron chi connectivity index (χ1n) is 5.15. The molecule has 1 aliphatic rings. The molecule has 1 aliphatic heterocycles. The normalized spacial score (nSPS) is 18.2. The van der Waals surface area contributed by atoms with Crippen molar-refractivity contribution in [2.45, 2.75) is 6.04 Å². The fourth-order valence-electron chi connectivity index (χ4n) is 1.95. The molecule has 17 heavy (non-hydrogen) atoms. The zero-order chi connectivity index (χ0) is 11.8. The number of benzene rings is 1. The number of para-hydroxylation sites is 1. The predicted molar refractivity (Wildman–Crippen MR) is 59.1 cm³/mol. The van der Waals surface area contributed by atoms with Crippen LogP contribution in [0.1, 0.15) is 17.4 Å². The molecule has 0 bridgehead atoms. The number of fused-ring (bicyclic) bond motifs is 1. The molecule has 0 saturated carbocycles. The molecule has 2 N–H and O–H groups in total. The van der Waals surface area contributed by atoms with Gasteiger partial charge in [-0.05, 0) is 18.2 Å². The number of furan rings is 1. The number of carbonyl (C=O) groups is 1. The van der Waals surface area contributed by atoms with Gasteiger partial charge in [-0.1, -0.05) is 12.1 Å². The number of urea groups is 1. The number of anilines is 1. The number of amides is 2. The smallest absolute Gasteiger partial charge is 0.320 e. The predicted octanol–water partition coefficient (Wildman–Crippen LogP) is 2.64. The summed E-state index contributed by atoms with van der Waals surface area (Å²) in [6, 6.07) is 7.23. The highest BCUT2D eigenvalue weighted by Crippen LogP contribution is 2.33. The molecular formula is C12H9FN2O2. The molecule has 2 amide bonds. The Labute approximate surface area is 96.4 Å². The highest BCUT2D eigenvalue weighted by molar-refractivity contribution is 5.93. The lowest BCUT2D eigenvalue weighted by molar-refractivity contribution is 0.247. The largest absolute Gasteiger partial charge is 0.467 e. The van der Waals surface area contributed by atoms with E-state index in [0.29, 0.717) is 11.3 Å². The van der Waals surface area contributed by atoms with Crippen molar-refractivity contribution in [2.75, 3.05) is 5.32 Å². The van der Waals surface area contributed by atoms with Crippen LogP contribution in [0.15, 0.2) is 41.0 Å². The second kappa shape index (κ2) is 3.62. The van der Waals surface area contributed by atoms with Gasteiger partial charge in [0.15, 0.2) is 0 Å². The van der Waals surface area contributed by atoms with Crippen molar-refractivity contribution in [3.63, 3.8) is 0 Å². The van der Waals surface area contributed by atoms with E-state index in [1.54, 1.807) is 24.3 Å². The Hall–Kier alpha value is -2.30. The number of nitrogens with one attached hydrogen (secondary N) is 2. The fourth-order valence-corrected chi connectivity index (χ4v) is 1.95. The SMILES string of the molecule is O=C1Nc2c(F)cccc2C(c2ccco2)N1. The first-order chi connectivity index (χ1) is 8.25. The highest BCUT2D eigenvalue weighted by atomic mass is 19.1. The van der Waals surface area contributed by atoms with E-state index < -0.39 is 17.9 Å². The average Bonchev–Trinajstić information content (AvgIpc) is 2.83. The lowest BCUT2D eigenvalue weighted by Gasteiger charge is -2.26. The number of rotatable bonds is 1. The summed E-state index contributed by atoms with van der Waals surface area (Å²) in [4.78, 5) is 11.5. The molecule has 0 saturated heterocycles. The van der Waals surface area contributed by atoms with Gasteiger partial charge < -0.3 is 15.1 Å². The Morgan fingerprint density at radius 2 is 2.12 bits per heavy atom. The van der Waals surface area contributed by atoms with Crippen LogP contribution in [-0.2, 0) is 0 Å². The summed E-state index contributed by atoms with van der Waals surface area (Å²) in [5, 5.41) is 5.15. The Kier molecular flexibility index (Phi) is 2.11. The van der Waals surface area contributed by atoms with E-state index in [0.717, 1.165) is 0 Å². The number of carbonyl (C=O) groups excluding carboxylic acids is 1. The summed E-state index contributed by atoms with van der Waals surface area (Å²) in [5.74, 6) is 0.126. The Morgan fingerprint density at radius 1 is 1.24 bits per heavy atom. The molecule has 1 aromatic carbocycles. The van der Waals surface area contributed by atoms with Gasteiger partial charge in [0.2, 0.25) is 0 Å². The molecular weight excluding hydrogens is 223 g/mol. The van der Waals surface area contributed by atoms with E-state index >= 15 is 0 Å². The van der Waals surface area contributed by atoms with Gasteiger partial charge in [-0.15, -0.1) is 0 Å². The molecule has 1 unspecified atom stereocenters. The summed E-state index contributed by atoms with van der Waals surface area (Å²) in [5.41, 5.74) is 0.859. The fraction of sp³-hybridized carbons (Fsp3) is 0.0833. The molecule has 86 valence electrons. The Bertz CT molecular complexity index is 566. The molecule has 0 fully saturated rings. The quantitative estimate of drug-likeness (QED) is 0.794. The zero-order valence-corrected chi connectivity index (χ0v) is 8.74. The molecule has 0 aliphatic carbocycles. The molecule has 0 spiro atoms. The van der Waals surface area contributed by atoms with Crippen LogP contribution in [0.25, 0.3) is 0 Å². The van der Waals surface area contributed by atoms with Gasteiger partial charge >= 0.3 is 6.03 Å². The maximum atomic E-state index is 13.6. The lowest BCUT2D eigenvalue weighted by atomic mass is 10.0. The van der Waals surface area contributed by atoms with Gasteiger partial charge in [-0.25, -0.2) is 9.18 Å². The lowest BCUT2D eigenvalue weighted by Crippen LogP contribution is -2.38. The minimum absolute atomic E-state index is 0.206. The van der Waals surface area contributed by atoms with E-state index in [9.17, 15) is 9.18 Å². The van der Waals surface area contributed by atoms with Crippen LogP contribution in [0, 0.1) is 5.82 Å². The molecule has 1 atom stereocenters. The number of halogens is 1. The van der Waals surface area contributed by atoms with Gasteiger partial charge in [0.1, 0.15) is 17.6 Å². The van der Waals surface area contributed by atoms with Crippen LogP contribution in [0.3, 0.4) is 0 Å². The molecule has 0 radical (unpaired) electrons. The van der Waals surface area contributed by atoms with E-state index in [1.165, 1.54) is 12.3 Å². The van der Waals surface area contributed by atoms with Crippen LogP contribution in [0.4, 0.5) is 14.9 Å². The van der Waals surface area contributed by atoms with Crippen LogP contribution in [0.5, 0.6) is 0 Å². The Balaban J connectivity index is 2.15. The standard InChI is InChI=1S/C12H9FN2O2/c13-8-4-1-3-7-10(8)14-12(16)15-11(7)9-5-2-6-17-9/h1-6,11H,(H2,14,15,16). The van der Waals surface area contributed by atoms with E-state index in [4.69, 9.17) is 4.42 Å². The number of hydrogen-bond acceptors (Lipinski definition) is 2. The molecule has 2 aromatic rings. The maximum absolute atomic E-state index is 13.6. The average molecular weight is 232 g/mol. The first kappa shape index (κ1) is 9.89. The first-order valence-corrected chi connectivity index (χ1v) is 5.15. The highest BCUT2D eigenvalue weighted by Gasteiger charge is 2.28. The van der Waals surface area contributed by atoms with Crippen LogP contribution < -0.4 is 10.6 Å². The summed E-state index contributed by atoms with van der Waals surface area (Å²) in [6.45, 7) is 0. The minimum Gasteiger partial charge on any atom is -0.467 e. The molecule has 2 heterocycles. The third-order valence-corrected chi connectivity index (χ3v) is 2.70. The van der Waals surface area contributed by atoms with Gasteiger partial charge in [0.25, 0.3) is 0 Å². The molecule has 5 heteroatoms. The van der Waals surface area contributed by atoms with Gasteiger partial charge in [-0.2, -0.15) is 0 Å². The summed E-state index contributed by atoms with van der Waals surface area (Å²) in [6.07, 6.45) is 1.52. The Morgan fingerprint density at radius 3 is 2.88 bits per heavy atom. The van der Waals surface area contributed by atoms with Crippen molar-refractivity contribution < 1.29 is 13.6 Å². The van der Waals surface area contributed by atoms with E-state index in [2.05, 4.69) is 10.6 Å². The summed E-state index contributed by atoms with van der Waals surface area (Å²) < 4.78 is 18.8. The van der Waals surface area contributed by atoms with Crippen molar-refractivity contribution in [1.82, 2.24) is 5.32 Å². The third-order valence-electron chi connectivity index (χ3n) is 2.70. The van der Waals surface area contributed by atoms with Crippen molar-refractivity contribution in [3.8, 4) is 0 Å². The van der Waals surface area contributed by atoms with Crippen LogP contribution in [0.2, 0.25) is 0 Å². The van der Waals surface area contributed by atoms with Crippen molar-refractivity contribution in [2.24, 2.45) is 0 Å². The van der Waals surface area contributed by atoms with Crippen molar-refractivity contribution in [3.05, 3.63) is 53.7 Å². The topological polar surface area (TPSA) is 54.3 Å². The van der Waals surface area contributed by atoms with Crippen molar-refractivity contribution >= 4 is 11.7 Å². The zero-order valence-electron chi connectivity index (χ0n) is 8.74. The third kappa shape index (κ3) is 1.56. The minimum atomic E-state index is -0.454. The van der Waals surface area contributed by atoms with Gasteiger partial charge in [-0.3, -0.25) is 0 Å². The summed E-state index contributed by atoms with van der Waals surface area (Å²) >= 11 is 0. The van der Waals surface area contributed by atoms with Crippen molar-refractivity contribution in [1.29, 1.82) is 0 Å². The second-order valence-corrected chi connectivity index (χ2v) is 3.75. The van der Waals surface area contributed by atoms with E-state index in [1.807, 2.05) is 0 Å². The van der Waals surface area contributed by atoms with Crippen LogP contribution in [-0.4, -0.2) is 6.03 Å². The van der Waals surface area contributed by atoms with Gasteiger partial charge in [0, 0.05) is 5.56 Å². The van der Waals surface area contributed by atoms with Crippen LogP contribution >= 0.6 is 0 Å². The van der Waals surface area contributed by atoms with Gasteiger partial charge in [0.05, 0.1) is 12.0 Å². The summed E-state index contributed by atoms with van der Waals surface area (Å²) in [7, 11) is 0. The number of hydrogen-bond donors (Lipinski definition) is 2. The second-order valence-electron chi connectivity index (χ2n) is 3.75. The molecule has 3 rings (SSSR count). The maximum Gasteiger partial charge on any atom is 0.320 e.